The molecule has 0 atom stereocenters. The molecule has 80 valence electrons. The average molecular weight is 208 g/mol. The third-order valence-corrected chi connectivity index (χ3v) is 2.50. The lowest BCUT2D eigenvalue weighted by molar-refractivity contribution is 0.101. The summed E-state index contributed by atoms with van der Waals surface area (Å²) >= 11 is 0. The fourth-order valence-corrected chi connectivity index (χ4v) is 1.36. The van der Waals surface area contributed by atoms with E-state index in [2.05, 4.69) is 0 Å². The normalized spacial score (nSPS) is 15.1. The molecule has 0 unspecified atom stereocenters. The van der Waals surface area contributed by atoms with Crippen LogP contribution in [0.5, 0.6) is 5.75 Å². The van der Waals surface area contributed by atoms with Crippen molar-refractivity contribution in [3.05, 3.63) is 29.6 Å². The van der Waals surface area contributed by atoms with E-state index in [4.69, 9.17) is 4.74 Å². The minimum Gasteiger partial charge on any atom is -0.493 e. The minimum absolute atomic E-state index is 0.100. The SMILES string of the molecule is CC(=O)c1cc(OCC2CC2)ccc1F. The molecule has 0 aliphatic heterocycles. The highest BCUT2D eigenvalue weighted by Gasteiger charge is 2.22. The molecule has 1 aromatic carbocycles. The van der Waals surface area contributed by atoms with Gasteiger partial charge in [0.05, 0.1) is 12.2 Å². The van der Waals surface area contributed by atoms with Crippen LogP contribution < -0.4 is 4.74 Å². The molecule has 0 heterocycles. The summed E-state index contributed by atoms with van der Waals surface area (Å²) in [5.41, 5.74) is 0.100. The third kappa shape index (κ3) is 2.55. The predicted molar refractivity (Wildman–Crippen MR) is 54.6 cm³/mol. The second-order valence-corrected chi connectivity index (χ2v) is 3.95. The zero-order valence-electron chi connectivity index (χ0n) is 8.63. The quantitative estimate of drug-likeness (QED) is 0.711. The van der Waals surface area contributed by atoms with Gasteiger partial charge < -0.3 is 4.74 Å². The van der Waals surface area contributed by atoms with E-state index in [1.165, 1.54) is 31.9 Å². The molecule has 0 bridgehead atoms. The number of benzene rings is 1. The van der Waals surface area contributed by atoms with Gasteiger partial charge in [0.25, 0.3) is 0 Å². The van der Waals surface area contributed by atoms with Gasteiger partial charge in [-0.25, -0.2) is 4.39 Å². The molecule has 2 rings (SSSR count). The van der Waals surface area contributed by atoms with Crippen LogP contribution in [-0.2, 0) is 0 Å². The first-order valence-corrected chi connectivity index (χ1v) is 5.10. The van der Waals surface area contributed by atoms with Crippen LogP contribution in [0.2, 0.25) is 0 Å². The van der Waals surface area contributed by atoms with Crippen molar-refractivity contribution < 1.29 is 13.9 Å². The standard InChI is InChI=1S/C12H13FO2/c1-8(14)11-6-10(4-5-12(11)13)15-7-9-2-3-9/h4-6,9H,2-3,7H2,1H3. The van der Waals surface area contributed by atoms with E-state index in [1.807, 2.05) is 0 Å². The summed E-state index contributed by atoms with van der Waals surface area (Å²) in [5.74, 6) is 0.468. The van der Waals surface area contributed by atoms with Gasteiger partial charge in [0.2, 0.25) is 0 Å². The van der Waals surface area contributed by atoms with Crippen LogP contribution >= 0.6 is 0 Å². The molecule has 0 N–H and O–H groups in total. The van der Waals surface area contributed by atoms with Gasteiger partial charge in [0, 0.05) is 0 Å². The Kier molecular flexibility index (Phi) is 2.71. The van der Waals surface area contributed by atoms with Gasteiger partial charge in [-0.05, 0) is 43.9 Å². The highest BCUT2D eigenvalue weighted by molar-refractivity contribution is 5.94. The third-order valence-electron chi connectivity index (χ3n) is 2.50. The Bertz CT molecular complexity index is 383. The summed E-state index contributed by atoms with van der Waals surface area (Å²) in [7, 11) is 0. The van der Waals surface area contributed by atoms with E-state index in [-0.39, 0.29) is 11.3 Å². The van der Waals surface area contributed by atoms with Gasteiger partial charge in [-0.2, -0.15) is 0 Å². The van der Waals surface area contributed by atoms with Crippen LogP contribution in [0.15, 0.2) is 18.2 Å². The Labute approximate surface area is 88.1 Å². The van der Waals surface area contributed by atoms with Crippen LogP contribution in [0.25, 0.3) is 0 Å². The maximum absolute atomic E-state index is 13.2. The number of halogens is 1. The number of ketones is 1. The summed E-state index contributed by atoms with van der Waals surface area (Å²) in [6.45, 7) is 2.02. The maximum Gasteiger partial charge on any atom is 0.162 e. The van der Waals surface area contributed by atoms with Crippen molar-refractivity contribution in [3.63, 3.8) is 0 Å². The maximum atomic E-state index is 13.2. The molecule has 1 saturated carbocycles. The molecule has 0 radical (unpaired) electrons. The number of carbonyl (C=O) groups excluding carboxylic acids is 1. The number of hydrogen-bond acceptors (Lipinski definition) is 2. The van der Waals surface area contributed by atoms with Gasteiger partial charge in [0.1, 0.15) is 11.6 Å². The van der Waals surface area contributed by atoms with Gasteiger partial charge in [0.15, 0.2) is 5.78 Å². The van der Waals surface area contributed by atoms with Crippen molar-refractivity contribution in [1.82, 2.24) is 0 Å². The van der Waals surface area contributed by atoms with Crippen molar-refractivity contribution in [2.24, 2.45) is 5.92 Å². The zero-order valence-corrected chi connectivity index (χ0v) is 8.63. The van der Waals surface area contributed by atoms with Crippen molar-refractivity contribution >= 4 is 5.78 Å². The second kappa shape index (κ2) is 4.01. The highest BCUT2D eigenvalue weighted by Crippen LogP contribution is 2.29. The first-order chi connectivity index (χ1) is 7.16. The molecule has 0 aromatic heterocycles. The molecular weight excluding hydrogens is 195 g/mol. The largest absolute Gasteiger partial charge is 0.493 e. The molecule has 15 heavy (non-hydrogen) atoms. The van der Waals surface area contributed by atoms with Gasteiger partial charge >= 0.3 is 0 Å². The Hall–Kier alpha value is -1.38. The van der Waals surface area contributed by atoms with E-state index in [0.717, 1.165) is 0 Å². The molecule has 1 aliphatic carbocycles. The predicted octanol–water partition coefficient (Wildman–Crippen LogP) is 2.82. The molecule has 2 nitrogen and oxygen atoms in total. The first-order valence-electron chi connectivity index (χ1n) is 5.10. The molecule has 0 amide bonds. The van der Waals surface area contributed by atoms with E-state index < -0.39 is 5.82 Å². The van der Waals surface area contributed by atoms with Crippen LogP contribution in [0, 0.1) is 11.7 Å². The fourth-order valence-electron chi connectivity index (χ4n) is 1.36. The number of rotatable bonds is 4. The average Bonchev–Trinajstić information content (AvgIpc) is 3.00. The van der Waals surface area contributed by atoms with E-state index >= 15 is 0 Å². The summed E-state index contributed by atoms with van der Waals surface area (Å²) in [6.07, 6.45) is 2.42. The lowest BCUT2D eigenvalue weighted by Gasteiger charge is -2.06. The van der Waals surface area contributed by atoms with Crippen molar-refractivity contribution in [2.45, 2.75) is 19.8 Å². The summed E-state index contributed by atoms with van der Waals surface area (Å²) in [6, 6.07) is 4.31. The molecular formula is C12H13FO2. The Morgan fingerprint density at radius 3 is 2.87 bits per heavy atom. The van der Waals surface area contributed by atoms with Crippen LogP contribution in [0.4, 0.5) is 4.39 Å². The van der Waals surface area contributed by atoms with Gasteiger partial charge in [-0.3, -0.25) is 4.79 Å². The van der Waals surface area contributed by atoms with Crippen LogP contribution in [0.3, 0.4) is 0 Å². The lowest BCUT2D eigenvalue weighted by Crippen LogP contribution is -2.02. The van der Waals surface area contributed by atoms with Crippen molar-refractivity contribution in [1.29, 1.82) is 0 Å². The molecule has 1 aliphatic rings. The fraction of sp³-hybridized carbons (Fsp3) is 0.417. The Morgan fingerprint density at radius 2 is 2.27 bits per heavy atom. The van der Waals surface area contributed by atoms with E-state index in [9.17, 15) is 9.18 Å². The monoisotopic (exact) mass is 208 g/mol. The molecule has 1 aromatic rings. The smallest absolute Gasteiger partial charge is 0.162 e. The first kappa shape index (κ1) is 10.1. The van der Waals surface area contributed by atoms with E-state index in [0.29, 0.717) is 18.3 Å². The van der Waals surface area contributed by atoms with Crippen molar-refractivity contribution in [2.75, 3.05) is 6.61 Å². The van der Waals surface area contributed by atoms with Crippen LogP contribution in [-0.4, -0.2) is 12.4 Å². The Morgan fingerprint density at radius 1 is 1.53 bits per heavy atom. The lowest BCUT2D eigenvalue weighted by atomic mass is 10.1. The molecule has 1 fully saturated rings. The van der Waals surface area contributed by atoms with E-state index in [1.54, 1.807) is 6.07 Å². The van der Waals surface area contributed by atoms with Gasteiger partial charge in [-0.1, -0.05) is 0 Å². The summed E-state index contributed by atoms with van der Waals surface area (Å²) in [5, 5.41) is 0. The number of ether oxygens (including phenoxy) is 1. The zero-order chi connectivity index (χ0) is 10.8. The van der Waals surface area contributed by atoms with Gasteiger partial charge in [-0.15, -0.1) is 0 Å². The Balaban J connectivity index is 2.10. The molecule has 0 spiro atoms. The summed E-state index contributed by atoms with van der Waals surface area (Å²) < 4.78 is 18.6. The summed E-state index contributed by atoms with van der Waals surface area (Å²) in [4.78, 5) is 11.1. The molecule has 0 saturated heterocycles. The second-order valence-electron chi connectivity index (χ2n) is 3.95. The topological polar surface area (TPSA) is 26.3 Å². The van der Waals surface area contributed by atoms with Crippen LogP contribution in [0.1, 0.15) is 30.1 Å². The number of hydrogen-bond donors (Lipinski definition) is 0. The molecule has 3 heteroatoms. The number of carbonyl (C=O) groups is 1. The van der Waals surface area contributed by atoms with Crippen molar-refractivity contribution in [3.8, 4) is 5.75 Å². The minimum atomic E-state index is -0.485. The highest BCUT2D eigenvalue weighted by atomic mass is 19.1. The number of Topliss-reactive ketones (excluding diaryl/α,β-unsaturated/α-hetero) is 1.